The largest absolute Gasteiger partial charge is 0.715 e. The molecule has 462 valence electrons. The molecule has 0 spiro atoms. The Morgan fingerprint density at radius 3 is 1.21 bits per heavy atom. The molecule has 0 saturated heterocycles. The SMILES string of the molecule is ClCCN=NNc1ccc2ncnc(Nc3cccc(Br)c3)c2c1.ClCCNc1ccc2ncnc(Nc3cccc(Br)c3)c2c1.N#[N+]c1ccc2ncnc(Nc3cccc(Br)c3)c2c1.NCCCl.Nc1ccc2ncnc(Nc3cccc(Br)c3)c2c1.[N-]=N. The summed E-state index contributed by atoms with van der Waals surface area (Å²) in [7, 11) is 0. The summed E-state index contributed by atoms with van der Waals surface area (Å²) >= 11 is 30.1. The number of halogens is 7. The average molecular weight is 1530 g/mol. The summed E-state index contributed by atoms with van der Waals surface area (Å²) in [5.74, 6) is 4.48. The topological polar surface area (TPSA) is 326 Å². The van der Waals surface area contributed by atoms with Crippen LogP contribution in [-0.2, 0) is 0 Å². The molecule has 12 aromatic rings. The monoisotopic (exact) mass is 1530 g/mol. The zero-order chi connectivity index (χ0) is 64.7. The van der Waals surface area contributed by atoms with Crippen molar-refractivity contribution in [3.63, 3.8) is 0 Å². The van der Waals surface area contributed by atoms with Gasteiger partial charge in [0.05, 0.1) is 39.7 Å². The molecule has 11 N–H and O–H groups in total. The third-order valence-electron chi connectivity index (χ3n) is 12.0. The molecule has 0 bridgehead atoms. The predicted octanol–water partition coefficient (Wildman–Crippen LogP) is 19.0. The number of nitrogens with zero attached hydrogens (tertiary/aromatic N) is 13. The number of hydrogen-bond acceptors (Lipinski definition) is 19. The molecule has 0 radical (unpaired) electrons. The number of nitrogens with one attached hydrogen (secondary N) is 7. The Morgan fingerprint density at radius 1 is 0.451 bits per heavy atom. The van der Waals surface area contributed by atoms with Gasteiger partial charge < -0.3 is 49.1 Å². The molecule has 0 aliphatic rings. The number of nitrogens with two attached hydrogens (primary N) is 2. The number of rotatable bonds is 16. The van der Waals surface area contributed by atoms with E-state index in [9.17, 15) is 0 Å². The third kappa shape index (κ3) is 21.9. The summed E-state index contributed by atoms with van der Waals surface area (Å²) in [6.07, 6.45) is 6.14. The number of aromatic nitrogens is 8. The van der Waals surface area contributed by atoms with Gasteiger partial charge in [-0.2, -0.15) is 5.11 Å². The third-order valence-corrected chi connectivity index (χ3v) is 14.5. The van der Waals surface area contributed by atoms with Crippen molar-refractivity contribution in [1.29, 1.82) is 10.9 Å². The molecule has 22 nitrogen and oxygen atoms in total. The highest BCUT2D eigenvalue weighted by Crippen LogP contribution is 2.32. The lowest BCUT2D eigenvalue weighted by Gasteiger charge is -2.10. The van der Waals surface area contributed by atoms with Crippen molar-refractivity contribution in [3.05, 3.63) is 224 Å². The van der Waals surface area contributed by atoms with E-state index in [1.54, 1.807) is 30.9 Å². The second-order valence-electron chi connectivity index (χ2n) is 18.3. The summed E-state index contributed by atoms with van der Waals surface area (Å²) in [5, 5.41) is 36.6. The van der Waals surface area contributed by atoms with Gasteiger partial charge in [0, 0.05) is 111 Å². The lowest BCUT2D eigenvalue weighted by molar-refractivity contribution is 0.969. The minimum atomic E-state index is 0.442. The molecule has 0 amide bonds. The predicted molar refractivity (Wildman–Crippen MR) is 386 cm³/mol. The Kier molecular flexibility index (Phi) is 28.5. The molecule has 12 rings (SSSR count). The smallest absolute Gasteiger partial charge is 0.385 e. The quantitative estimate of drug-likeness (QED) is 0.0143. The van der Waals surface area contributed by atoms with Crippen molar-refractivity contribution in [2.75, 3.05) is 75.0 Å². The number of benzene rings is 8. The van der Waals surface area contributed by atoms with Gasteiger partial charge in [0.25, 0.3) is 0 Å². The van der Waals surface area contributed by atoms with Crippen molar-refractivity contribution in [3.8, 4) is 0 Å². The summed E-state index contributed by atoms with van der Waals surface area (Å²) in [4.78, 5) is 37.4. The second kappa shape index (κ2) is 37.3. The molecule has 4 heterocycles. The second-order valence-corrected chi connectivity index (χ2v) is 23.1. The first-order chi connectivity index (χ1) is 44.4. The van der Waals surface area contributed by atoms with Gasteiger partial charge in [0.2, 0.25) is 5.39 Å². The number of alkyl halides is 3. The summed E-state index contributed by atoms with van der Waals surface area (Å²) in [5.41, 5.74) is 34.7. The van der Waals surface area contributed by atoms with Gasteiger partial charge in [-0.25, -0.2) is 39.9 Å². The van der Waals surface area contributed by atoms with E-state index < -0.39 is 0 Å². The fourth-order valence-electron chi connectivity index (χ4n) is 8.06. The molecular formula is C62H55Br4Cl3N22. The maximum absolute atomic E-state index is 8.87. The van der Waals surface area contributed by atoms with E-state index >= 15 is 0 Å². The minimum absolute atomic E-state index is 0.442. The van der Waals surface area contributed by atoms with Crippen LogP contribution in [-0.4, -0.2) is 77.1 Å². The van der Waals surface area contributed by atoms with E-state index in [1.807, 2.05) is 152 Å². The van der Waals surface area contributed by atoms with Crippen LogP contribution in [0.3, 0.4) is 0 Å². The van der Waals surface area contributed by atoms with E-state index in [0.717, 1.165) is 120 Å². The van der Waals surface area contributed by atoms with Crippen molar-refractivity contribution in [2.24, 2.45) is 16.1 Å². The van der Waals surface area contributed by atoms with Crippen LogP contribution in [0.25, 0.3) is 54.1 Å². The molecule has 0 aliphatic heterocycles. The summed E-state index contributed by atoms with van der Waals surface area (Å²) in [6.45, 7) is 1.78. The molecular weight excluding hydrogens is 1480 g/mol. The Morgan fingerprint density at radius 2 is 0.824 bits per heavy atom. The van der Waals surface area contributed by atoms with Gasteiger partial charge in [-0.3, -0.25) is 5.43 Å². The lowest BCUT2D eigenvalue weighted by Crippen LogP contribution is -2.02. The Balaban J connectivity index is 0.000000168. The van der Waals surface area contributed by atoms with Crippen LogP contribution >= 0.6 is 98.5 Å². The molecule has 0 fully saturated rings. The van der Waals surface area contributed by atoms with Crippen LogP contribution in [0.15, 0.2) is 223 Å². The molecule has 0 aliphatic carbocycles. The number of fused-ring (bicyclic) bond motifs is 4. The maximum atomic E-state index is 8.87. The molecule has 8 aromatic carbocycles. The zero-order valence-electron chi connectivity index (χ0n) is 47.8. The van der Waals surface area contributed by atoms with Gasteiger partial charge in [0.15, 0.2) is 4.98 Å². The van der Waals surface area contributed by atoms with E-state index in [-0.39, 0.29) is 0 Å². The summed E-state index contributed by atoms with van der Waals surface area (Å²) in [6, 6.07) is 54.0. The van der Waals surface area contributed by atoms with E-state index in [1.165, 1.54) is 12.7 Å². The van der Waals surface area contributed by atoms with Crippen molar-refractivity contribution in [2.45, 2.75) is 0 Å². The first-order valence-electron chi connectivity index (χ1n) is 27.1. The Bertz CT molecular complexity index is 4400. The van der Waals surface area contributed by atoms with Crippen LogP contribution in [0.2, 0.25) is 0 Å². The molecule has 4 aromatic heterocycles. The van der Waals surface area contributed by atoms with Crippen molar-refractivity contribution in [1.82, 2.24) is 39.9 Å². The first-order valence-corrected chi connectivity index (χ1v) is 31.9. The standard InChI is InChI=1S/C16H14BrClN6.C16H14BrClN4.C14H9BrN5.C14H11BrN4.C2H6ClN.HN2/c17-11-2-1-3-12(8-11)22-16-14-9-13(23-24-21-7-6-18)4-5-15(14)19-10-20-16;17-11-2-1-3-13(8-11)22-16-14-9-12(19-7-6-18)4-5-15(14)20-10-21-16;15-9-2-1-3-10(6-9)19-14-12-7-11(20-16)4-5-13(12)17-8-18-14;15-9-2-1-3-11(6-9)19-14-12-7-10(16)4-5-13(12)17-8-18-14;3-1-2-4;1-2/h1-5,8-10H,6-7H2,(H,21,23)(H,19,20,22);1-5,8-10,19H,6-7H2,(H,20,21,22);1-8H,(H,17,18,19);1-8H,16H2,(H,17,18,19);1-2,4H2;1H/q;;+1;;;-1. The highest BCUT2D eigenvalue weighted by atomic mass is 79.9. The molecule has 91 heavy (non-hydrogen) atoms. The highest BCUT2D eigenvalue weighted by Gasteiger charge is 2.12. The fourth-order valence-corrected chi connectivity index (χ4v) is 9.82. The van der Waals surface area contributed by atoms with Crippen LogP contribution in [0, 0.1) is 10.9 Å². The van der Waals surface area contributed by atoms with Crippen molar-refractivity contribution < 1.29 is 0 Å². The first kappa shape index (κ1) is 69.6. The molecule has 29 heteroatoms. The van der Waals surface area contributed by atoms with Crippen LogP contribution in [0.1, 0.15) is 0 Å². The normalized spacial score (nSPS) is 10.3. The van der Waals surface area contributed by atoms with Crippen LogP contribution in [0.5, 0.6) is 0 Å². The number of anilines is 11. The Labute approximate surface area is 571 Å². The maximum Gasteiger partial charge on any atom is 0.385 e. The molecule has 0 atom stereocenters. The number of hydrogen-bond donors (Lipinski definition) is 9. The van der Waals surface area contributed by atoms with E-state index in [4.69, 9.17) is 62.7 Å². The average Bonchev–Trinajstić information content (AvgIpc) is 1.40. The fraction of sp³-hybridized carbons (Fsp3) is 0.0968. The minimum Gasteiger partial charge on any atom is -0.715 e. The Hall–Kier alpha value is -8.91. The number of diazo groups is 1. The van der Waals surface area contributed by atoms with Gasteiger partial charge >= 0.3 is 5.69 Å². The van der Waals surface area contributed by atoms with Crippen molar-refractivity contribution >= 4 is 211 Å². The van der Waals surface area contributed by atoms with Gasteiger partial charge in [0.1, 0.15) is 48.6 Å². The summed E-state index contributed by atoms with van der Waals surface area (Å²) < 4.78 is 4.00. The van der Waals surface area contributed by atoms with Crippen LogP contribution < -0.4 is 43.5 Å². The number of nitrogen functional groups attached to an aromatic ring is 1. The van der Waals surface area contributed by atoms with E-state index in [0.29, 0.717) is 47.9 Å². The van der Waals surface area contributed by atoms with Gasteiger partial charge in [-0.05, 0) is 133 Å². The van der Waals surface area contributed by atoms with Gasteiger partial charge in [-0.1, -0.05) is 93.2 Å². The highest BCUT2D eigenvalue weighted by molar-refractivity contribution is 9.11. The van der Waals surface area contributed by atoms with Crippen LogP contribution in [0.4, 0.5) is 68.8 Å². The molecule has 0 saturated carbocycles. The zero-order valence-corrected chi connectivity index (χ0v) is 56.4. The lowest BCUT2D eigenvalue weighted by atomic mass is 10.2. The molecule has 0 unspecified atom stereocenters. The van der Waals surface area contributed by atoms with Gasteiger partial charge in [-0.15, -0.1) is 34.8 Å². The van der Waals surface area contributed by atoms with E-state index in [2.05, 4.69) is 151 Å².